The monoisotopic (exact) mass is 301 g/mol. The lowest BCUT2D eigenvalue weighted by Gasteiger charge is -2.33. The predicted octanol–water partition coefficient (Wildman–Crippen LogP) is 1.18. The van der Waals surface area contributed by atoms with Crippen LogP contribution in [0.2, 0.25) is 0 Å². The van der Waals surface area contributed by atoms with Crippen molar-refractivity contribution in [3.63, 3.8) is 0 Å². The third-order valence-corrected chi connectivity index (χ3v) is 5.69. The van der Waals surface area contributed by atoms with Crippen molar-refractivity contribution in [2.45, 2.75) is 12.8 Å². The van der Waals surface area contributed by atoms with Gasteiger partial charge in [0, 0.05) is 20.1 Å². The molecule has 112 valence electrons. The summed E-state index contributed by atoms with van der Waals surface area (Å²) in [4.78, 5) is 0. The number of nitrogens with two attached hydrogens (primary N) is 1. The van der Waals surface area contributed by atoms with Gasteiger partial charge < -0.3 is 5.73 Å². The van der Waals surface area contributed by atoms with E-state index in [1.165, 1.54) is 39.9 Å². The molecule has 1 saturated heterocycles. The molecular formula is C13H20FN3O2S. The molecule has 0 radical (unpaired) electrons. The summed E-state index contributed by atoms with van der Waals surface area (Å²) in [6.07, 6.45) is 1.57. The van der Waals surface area contributed by atoms with Crippen LogP contribution < -0.4 is 10.0 Å². The lowest BCUT2D eigenvalue weighted by atomic mass is 9.99. The molecule has 0 atom stereocenters. The average Bonchev–Trinajstić information content (AvgIpc) is 2.47. The first-order valence-electron chi connectivity index (χ1n) is 6.65. The number of rotatable bonds is 4. The number of benzene rings is 1. The molecule has 7 heteroatoms. The molecule has 1 aliphatic heterocycles. The van der Waals surface area contributed by atoms with Crippen molar-refractivity contribution < 1.29 is 12.8 Å². The van der Waals surface area contributed by atoms with Crippen molar-refractivity contribution in [3.8, 4) is 0 Å². The highest BCUT2D eigenvalue weighted by Gasteiger charge is 2.30. The van der Waals surface area contributed by atoms with E-state index in [0.717, 1.165) is 12.8 Å². The van der Waals surface area contributed by atoms with Gasteiger partial charge in [-0.25, -0.2) is 4.39 Å². The molecule has 2 N–H and O–H groups in total. The Morgan fingerprint density at radius 1 is 1.30 bits per heavy atom. The number of hydrogen-bond donors (Lipinski definition) is 1. The van der Waals surface area contributed by atoms with Gasteiger partial charge in [0.25, 0.3) is 0 Å². The molecule has 0 aromatic heterocycles. The van der Waals surface area contributed by atoms with E-state index in [-0.39, 0.29) is 5.82 Å². The lowest BCUT2D eigenvalue weighted by Crippen LogP contribution is -2.46. The minimum atomic E-state index is -3.56. The molecule has 0 amide bonds. The Hall–Kier alpha value is -1.18. The Balaban J connectivity index is 2.12. The number of piperidine rings is 1. The summed E-state index contributed by atoms with van der Waals surface area (Å²) >= 11 is 0. The molecule has 0 spiro atoms. The summed E-state index contributed by atoms with van der Waals surface area (Å²) in [6, 6.07) is 5.42. The van der Waals surface area contributed by atoms with Crippen LogP contribution in [-0.2, 0) is 10.2 Å². The maximum atomic E-state index is 12.9. The fourth-order valence-corrected chi connectivity index (χ4v) is 3.74. The number of halogens is 1. The third kappa shape index (κ3) is 3.11. The predicted molar refractivity (Wildman–Crippen MR) is 77.1 cm³/mol. The van der Waals surface area contributed by atoms with Gasteiger partial charge in [0.15, 0.2) is 0 Å². The molecular weight excluding hydrogens is 281 g/mol. The van der Waals surface area contributed by atoms with Gasteiger partial charge in [-0.3, -0.25) is 4.31 Å². The van der Waals surface area contributed by atoms with Gasteiger partial charge in [0.2, 0.25) is 0 Å². The molecule has 0 saturated carbocycles. The second kappa shape index (κ2) is 6.07. The molecule has 0 bridgehead atoms. The fraction of sp³-hybridized carbons (Fsp3) is 0.538. The van der Waals surface area contributed by atoms with Crippen LogP contribution in [0.4, 0.5) is 10.1 Å². The maximum absolute atomic E-state index is 12.9. The number of anilines is 1. The Bertz CT molecular complexity index is 539. The highest BCUT2D eigenvalue weighted by molar-refractivity contribution is 7.90. The Labute approximate surface area is 119 Å². The van der Waals surface area contributed by atoms with Gasteiger partial charge in [-0.1, -0.05) is 0 Å². The summed E-state index contributed by atoms with van der Waals surface area (Å²) in [7, 11) is -2.07. The molecule has 0 unspecified atom stereocenters. The molecule has 1 aromatic rings. The normalized spacial score (nSPS) is 18.1. The van der Waals surface area contributed by atoms with E-state index in [1.54, 1.807) is 0 Å². The van der Waals surface area contributed by atoms with Gasteiger partial charge in [0.05, 0.1) is 5.69 Å². The van der Waals surface area contributed by atoms with E-state index in [4.69, 9.17) is 5.73 Å². The van der Waals surface area contributed by atoms with Crippen molar-refractivity contribution in [2.75, 3.05) is 31.0 Å². The summed E-state index contributed by atoms with van der Waals surface area (Å²) in [5.41, 5.74) is 6.06. The zero-order valence-electron chi connectivity index (χ0n) is 11.5. The van der Waals surface area contributed by atoms with Crippen LogP contribution in [0.1, 0.15) is 12.8 Å². The van der Waals surface area contributed by atoms with E-state index in [2.05, 4.69) is 0 Å². The zero-order chi connectivity index (χ0) is 14.8. The Morgan fingerprint density at radius 2 is 1.85 bits per heavy atom. The van der Waals surface area contributed by atoms with Crippen molar-refractivity contribution in [3.05, 3.63) is 30.1 Å². The van der Waals surface area contributed by atoms with Crippen LogP contribution in [0.3, 0.4) is 0 Å². The minimum absolute atomic E-state index is 0.386. The molecule has 1 aromatic carbocycles. The van der Waals surface area contributed by atoms with Crippen molar-refractivity contribution in [1.82, 2.24) is 4.31 Å². The molecule has 2 rings (SSSR count). The van der Waals surface area contributed by atoms with Gasteiger partial charge in [0.1, 0.15) is 5.82 Å². The van der Waals surface area contributed by atoms with E-state index in [9.17, 15) is 12.8 Å². The summed E-state index contributed by atoms with van der Waals surface area (Å²) < 4.78 is 40.5. The molecule has 20 heavy (non-hydrogen) atoms. The standard InChI is InChI=1S/C13H20FN3O2S/c1-16(13-4-2-12(14)3-5-13)20(18,19)17-8-6-11(10-15)7-9-17/h2-5,11H,6-10,15H2,1H3. The average molecular weight is 301 g/mol. The van der Waals surface area contributed by atoms with Gasteiger partial charge in [-0.15, -0.1) is 0 Å². The van der Waals surface area contributed by atoms with Crippen LogP contribution in [0.25, 0.3) is 0 Å². The third-order valence-electron chi connectivity index (χ3n) is 3.77. The highest BCUT2D eigenvalue weighted by Crippen LogP contribution is 2.23. The first-order valence-corrected chi connectivity index (χ1v) is 8.04. The van der Waals surface area contributed by atoms with Gasteiger partial charge in [-0.2, -0.15) is 12.7 Å². The first-order chi connectivity index (χ1) is 9.45. The van der Waals surface area contributed by atoms with E-state index in [1.807, 2.05) is 0 Å². The van der Waals surface area contributed by atoms with Crippen LogP contribution in [-0.4, -0.2) is 39.4 Å². The van der Waals surface area contributed by atoms with E-state index < -0.39 is 10.2 Å². The van der Waals surface area contributed by atoms with Gasteiger partial charge >= 0.3 is 10.2 Å². The maximum Gasteiger partial charge on any atom is 0.303 e. The zero-order valence-corrected chi connectivity index (χ0v) is 12.3. The second-order valence-electron chi connectivity index (χ2n) is 5.03. The van der Waals surface area contributed by atoms with E-state index >= 15 is 0 Å². The molecule has 1 aliphatic rings. The largest absolute Gasteiger partial charge is 0.330 e. The second-order valence-corrected chi connectivity index (χ2v) is 6.99. The number of nitrogens with zero attached hydrogens (tertiary/aromatic N) is 2. The van der Waals surface area contributed by atoms with Crippen LogP contribution >= 0.6 is 0 Å². The van der Waals surface area contributed by atoms with Crippen LogP contribution in [0.15, 0.2) is 24.3 Å². The van der Waals surface area contributed by atoms with Crippen molar-refractivity contribution >= 4 is 15.9 Å². The van der Waals surface area contributed by atoms with Crippen molar-refractivity contribution in [1.29, 1.82) is 0 Å². The van der Waals surface area contributed by atoms with Crippen LogP contribution in [0, 0.1) is 11.7 Å². The molecule has 0 aliphatic carbocycles. The van der Waals surface area contributed by atoms with Crippen molar-refractivity contribution in [2.24, 2.45) is 11.7 Å². The minimum Gasteiger partial charge on any atom is -0.330 e. The Morgan fingerprint density at radius 3 is 2.35 bits per heavy atom. The summed E-state index contributed by atoms with van der Waals surface area (Å²) in [5.74, 6) is 0.0147. The lowest BCUT2D eigenvalue weighted by molar-refractivity contribution is 0.278. The summed E-state index contributed by atoms with van der Waals surface area (Å²) in [6.45, 7) is 1.56. The molecule has 1 fully saturated rings. The Kier molecular flexibility index (Phi) is 4.62. The summed E-state index contributed by atoms with van der Waals surface area (Å²) in [5, 5.41) is 0. The van der Waals surface area contributed by atoms with Crippen LogP contribution in [0.5, 0.6) is 0 Å². The van der Waals surface area contributed by atoms with E-state index in [0.29, 0.717) is 31.2 Å². The van der Waals surface area contributed by atoms with Gasteiger partial charge in [-0.05, 0) is 49.6 Å². The quantitative estimate of drug-likeness (QED) is 0.908. The topological polar surface area (TPSA) is 66.6 Å². The number of hydrogen-bond acceptors (Lipinski definition) is 3. The molecule has 1 heterocycles. The SMILES string of the molecule is CN(c1ccc(F)cc1)S(=O)(=O)N1CCC(CN)CC1. The smallest absolute Gasteiger partial charge is 0.303 e. The highest BCUT2D eigenvalue weighted by atomic mass is 32.2. The first kappa shape index (κ1) is 15.2. The molecule has 5 nitrogen and oxygen atoms in total. The fourth-order valence-electron chi connectivity index (χ4n) is 2.33.